The van der Waals surface area contributed by atoms with Gasteiger partial charge in [-0.15, -0.1) is 0 Å². The molecule has 3 nitrogen and oxygen atoms in total. The number of nitrogens with zero attached hydrogens (tertiary/aromatic N) is 1. The molecule has 0 aliphatic rings. The van der Waals surface area contributed by atoms with Crippen molar-refractivity contribution in [2.75, 3.05) is 12.3 Å². The van der Waals surface area contributed by atoms with E-state index in [2.05, 4.69) is 4.98 Å². The minimum atomic E-state index is 0.545. The highest BCUT2D eigenvalue weighted by atomic mass is 14.8. The molecule has 0 radical (unpaired) electrons. The Morgan fingerprint density at radius 2 is 2.33 bits per heavy atom. The zero-order valence-corrected chi connectivity index (χ0v) is 7.12. The summed E-state index contributed by atoms with van der Waals surface area (Å²) in [5.74, 6) is 0.553. The predicted octanol–water partition coefficient (Wildman–Crippen LogP) is 0.944. The Morgan fingerprint density at radius 3 is 2.92 bits per heavy atom. The van der Waals surface area contributed by atoms with Crippen LogP contribution in [0.5, 0.6) is 0 Å². The standard InChI is InChI=1S/C9H13N3/c1-7-5-9(11)12-6-8(7)3-2-4-10/h2-3,5-6H,4,10H2,1H3,(H2,11,12). The first kappa shape index (κ1) is 8.74. The van der Waals surface area contributed by atoms with Crippen LogP contribution in [-0.2, 0) is 0 Å². The number of hydrogen-bond donors (Lipinski definition) is 2. The number of nitrogens with two attached hydrogens (primary N) is 2. The van der Waals surface area contributed by atoms with Crippen molar-refractivity contribution in [1.82, 2.24) is 4.98 Å². The topological polar surface area (TPSA) is 64.9 Å². The molecule has 0 aliphatic carbocycles. The van der Waals surface area contributed by atoms with Crippen LogP contribution in [0.25, 0.3) is 6.08 Å². The van der Waals surface area contributed by atoms with E-state index in [9.17, 15) is 0 Å². The van der Waals surface area contributed by atoms with Crippen molar-refractivity contribution in [3.05, 3.63) is 29.5 Å². The largest absolute Gasteiger partial charge is 0.384 e. The van der Waals surface area contributed by atoms with Crippen molar-refractivity contribution in [1.29, 1.82) is 0 Å². The van der Waals surface area contributed by atoms with Crippen LogP contribution in [0, 0.1) is 6.92 Å². The fraction of sp³-hybridized carbons (Fsp3) is 0.222. The van der Waals surface area contributed by atoms with Gasteiger partial charge in [0.2, 0.25) is 0 Å². The van der Waals surface area contributed by atoms with Crippen LogP contribution in [0.4, 0.5) is 5.82 Å². The number of aryl methyl sites for hydroxylation is 1. The van der Waals surface area contributed by atoms with Crippen molar-refractivity contribution < 1.29 is 0 Å². The van der Waals surface area contributed by atoms with Crippen molar-refractivity contribution in [3.63, 3.8) is 0 Å². The Kier molecular flexibility index (Phi) is 2.82. The Labute approximate surface area is 72.1 Å². The molecule has 1 rings (SSSR count). The molecule has 12 heavy (non-hydrogen) atoms. The van der Waals surface area contributed by atoms with Gasteiger partial charge in [0.1, 0.15) is 5.82 Å². The van der Waals surface area contributed by atoms with Gasteiger partial charge < -0.3 is 11.5 Å². The van der Waals surface area contributed by atoms with Crippen LogP contribution < -0.4 is 11.5 Å². The summed E-state index contributed by atoms with van der Waals surface area (Å²) in [5, 5.41) is 0. The van der Waals surface area contributed by atoms with Crippen molar-refractivity contribution in [3.8, 4) is 0 Å². The SMILES string of the molecule is Cc1cc(N)ncc1C=CCN. The second-order valence-electron chi connectivity index (χ2n) is 2.60. The molecule has 0 spiro atoms. The van der Waals surface area contributed by atoms with E-state index in [1.807, 2.05) is 25.1 Å². The zero-order valence-electron chi connectivity index (χ0n) is 7.12. The van der Waals surface area contributed by atoms with E-state index < -0.39 is 0 Å². The minimum Gasteiger partial charge on any atom is -0.384 e. The molecule has 4 N–H and O–H groups in total. The smallest absolute Gasteiger partial charge is 0.123 e. The monoisotopic (exact) mass is 163 g/mol. The van der Waals surface area contributed by atoms with Gasteiger partial charge in [0.15, 0.2) is 0 Å². The van der Waals surface area contributed by atoms with Crippen LogP contribution >= 0.6 is 0 Å². The third-order valence-electron chi connectivity index (χ3n) is 1.61. The average molecular weight is 163 g/mol. The number of rotatable bonds is 2. The molecule has 3 heteroatoms. The fourth-order valence-corrected chi connectivity index (χ4v) is 0.958. The van der Waals surface area contributed by atoms with Gasteiger partial charge >= 0.3 is 0 Å². The number of anilines is 1. The molecule has 0 saturated carbocycles. The number of hydrogen-bond acceptors (Lipinski definition) is 3. The van der Waals surface area contributed by atoms with Gasteiger partial charge in [-0.3, -0.25) is 0 Å². The highest BCUT2D eigenvalue weighted by molar-refractivity contribution is 5.54. The van der Waals surface area contributed by atoms with Crippen molar-refractivity contribution in [2.24, 2.45) is 5.73 Å². The first-order chi connectivity index (χ1) is 5.74. The van der Waals surface area contributed by atoms with Crippen molar-refractivity contribution in [2.45, 2.75) is 6.92 Å². The molecule has 0 aromatic carbocycles. The fourth-order valence-electron chi connectivity index (χ4n) is 0.958. The summed E-state index contributed by atoms with van der Waals surface area (Å²) < 4.78 is 0. The Balaban J connectivity index is 2.94. The van der Waals surface area contributed by atoms with Crippen molar-refractivity contribution >= 4 is 11.9 Å². The van der Waals surface area contributed by atoms with Crippen LogP contribution in [0.15, 0.2) is 18.3 Å². The molecular formula is C9H13N3. The summed E-state index contributed by atoms with van der Waals surface area (Å²) in [7, 11) is 0. The van der Waals surface area contributed by atoms with E-state index in [1.54, 1.807) is 6.20 Å². The molecule has 0 saturated heterocycles. The first-order valence-corrected chi connectivity index (χ1v) is 3.83. The normalized spacial score (nSPS) is 10.8. The maximum absolute atomic E-state index is 5.50. The molecule has 0 atom stereocenters. The second kappa shape index (κ2) is 3.88. The first-order valence-electron chi connectivity index (χ1n) is 3.83. The predicted molar refractivity (Wildman–Crippen MR) is 51.5 cm³/mol. The second-order valence-corrected chi connectivity index (χ2v) is 2.60. The molecule has 1 aromatic rings. The van der Waals surface area contributed by atoms with E-state index in [0.717, 1.165) is 11.1 Å². The highest BCUT2D eigenvalue weighted by Gasteiger charge is 1.94. The quantitative estimate of drug-likeness (QED) is 0.682. The molecule has 0 aliphatic heterocycles. The van der Waals surface area contributed by atoms with Crippen LogP contribution in [-0.4, -0.2) is 11.5 Å². The van der Waals surface area contributed by atoms with Gasteiger partial charge in [-0.1, -0.05) is 12.2 Å². The molecule has 1 heterocycles. The summed E-state index contributed by atoms with van der Waals surface area (Å²) in [6, 6.07) is 1.84. The summed E-state index contributed by atoms with van der Waals surface area (Å²) in [5.41, 5.74) is 13.0. The lowest BCUT2D eigenvalue weighted by Crippen LogP contribution is -1.94. The number of pyridine rings is 1. The molecule has 0 unspecified atom stereocenters. The maximum atomic E-state index is 5.50. The Morgan fingerprint density at radius 1 is 1.58 bits per heavy atom. The Hall–Kier alpha value is -1.35. The minimum absolute atomic E-state index is 0.545. The zero-order chi connectivity index (χ0) is 8.97. The number of aromatic nitrogens is 1. The highest BCUT2D eigenvalue weighted by Crippen LogP contribution is 2.10. The molecule has 0 amide bonds. The Bertz CT molecular complexity index is 292. The molecule has 64 valence electrons. The molecule has 0 fully saturated rings. The lowest BCUT2D eigenvalue weighted by molar-refractivity contribution is 1.25. The molecular weight excluding hydrogens is 150 g/mol. The van der Waals surface area contributed by atoms with Crippen LogP contribution in [0.2, 0.25) is 0 Å². The molecule has 0 bridgehead atoms. The van der Waals surface area contributed by atoms with E-state index >= 15 is 0 Å². The van der Waals surface area contributed by atoms with Gasteiger partial charge in [0.25, 0.3) is 0 Å². The third-order valence-corrected chi connectivity index (χ3v) is 1.61. The van der Waals surface area contributed by atoms with E-state index in [0.29, 0.717) is 12.4 Å². The lowest BCUT2D eigenvalue weighted by atomic mass is 10.1. The van der Waals surface area contributed by atoms with E-state index in [1.165, 1.54) is 0 Å². The third kappa shape index (κ3) is 2.07. The van der Waals surface area contributed by atoms with Crippen LogP contribution in [0.3, 0.4) is 0 Å². The van der Waals surface area contributed by atoms with E-state index in [4.69, 9.17) is 11.5 Å². The van der Waals surface area contributed by atoms with E-state index in [-0.39, 0.29) is 0 Å². The average Bonchev–Trinajstić information content (AvgIpc) is 2.03. The van der Waals surface area contributed by atoms with Gasteiger partial charge in [-0.2, -0.15) is 0 Å². The van der Waals surface area contributed by atoms with Crippen LogP contribution in [0.1, 0.15) is 11.1 Å². The molecule has 1 aromatic heterocycles. The maximum Gasteiger partial charge on any atom is 0.123 e. The van der Waals surface area contributed by atoms with Gasteiger partial charge in [-0.25, -0.2) is 4.98 Å². The van der Waals surface area contributed by atoms with Gasteiger partial charge in [-0.05, 0) is 24.1 Å². The van der Waals surface area contributed by atoms with Gasteiger partial charge in [0.05, 0.1) is 0 Å². The number of nitrogen functional groups attached to an aromatic ring is 1. The summed E-state index contributed by atoms with van der Waals surface area (Å²) in [6.45, 7) is 2.54. The summed E-state index contributed by atoms with van der Waals surface area (Å²) >= 11 is 0. The van der Waals surface area contributed by atoms with Gasteiger partial charge in [0, 0.05) is 12.7 Å². The summed E-state index contributed by atoms with van der Waals surface area (Å²) in [6.07, 6.45) is 5.58. The summed E-state index contributed by atoms with van der Waals surface area (Å²) in [4.78, 5) is 3.98. The lowest BCUT2D eigenvalue weighted by Gasteiger charge is -1.99.